The van der Waals surface area contributed by atoms with Gasteiger partial charge < -0.3 is 15.1 Å². The highest BCUT2D eigenvalue weighted by Gasteiger charge is 2.16. The van der Waals surface area contributed by atoms with Crippen molar-refractivity contribution in [1.29, 1.82) is 0 Å². The van der Waals surface area contributed by atoms with Gasteiger partial charge in [0.25, 0.3) is 5.91 Å². The number of rotatable bonds is 7. The Morgan fingerprint density at radius 3 is 2.59 bits per heavy atom. The summed E-state index contributed by atoms with van der Waals surface area (Å²) in [5, 5.41) is 9.90. The molecule has 2 aromatic heterocycles. The average molecular weight is 429 g/mol. The lowest BCUT2D eigenvalue weighted by atomic mass is 10.1. The van der Waals surface area contributed by atoms with Gasteiger partial charge in [-0.25, -0.2) is 4.98 Å². The molecule has 162 valence electrons. The fraction of sp³-hybridized carbons (Fsp3) is 0.167. The Morgan fingerprint density at radius 2 is 1.81 bits per heavy atom. The van der Waals surface area contributed by atoms with Gasteiger partial charge in [-0.05, 0) is 24.6 Å². The summed E-state index contributed by atoms with van der Waals surface area (Å²) in [4.78, 5) is 28.6. The summed E-state index contributed by atoms with van der Waals surface area (Å²) in [6, 6.07) is 17.2. The van der Waals surface area contributed by atoms with E-state index in [2.05, 4.69) is 20.7 Å². The molecule has 4 aromatic rings. The van der Waals surface area contributed by atoms with Gasteiger partial charge >= 0.3 is 0 Å². The van der Waals surface area contributed by atoms with E-state index in [0.29, 0.717) is 40.7 Å². The fourth-order valence-electron chi connectivity index (χ4n) is 3.28. The molecule has 2 aromatic carbocycles. The summed E-state index contributed by atoms with van der Waals surface area (Å²) in [6.07, 6.45) is 3.26. The minimum absolute atomic E-state index is 0.180. The lowest BCUT2D eigenvalue weighted by Gasteiger charge is -2.06. The van der Waals surface area contributed by atoms with Crippen molar-refractivity contribution in [2.45, 2.75) is 26.9 Å². The van der Waals surface area contributed by atoms with Crippen molar-refractivity contribution >= 4 is 17.5 Å². The SMILES string of the molecule is CC(=O)Nc1ccccc1-c1nc(CNC(=O)c2cnn(Cc3ccccc3)c2)c(C)o1. The molecule has 8 nitrogen and oxygen atoms in total. The number of aryl methyl sites for hydroxylation is 1. The standard InChI is InChI=1S/C24H23N5O3/c1-16-22(28-24(32-16)20-10-6-7-11-21(20)27-17(2)30)13-25-23(31)19-12-26-29(15-19)14-18-8-4-3-5-9-18/h3-12,15H,13-14H2,1-2H3,(H,25,31)(H,27,30). The molecule has 8 heteroatoms. The van der Waals surface area contributed by atoms with Gasteiger partial charge in [0, 0.05) is 13.1 Å². The summed E-state index contributed by atoms with van der Waals surface area (Å²) in [5.41, 5.74) is 3.47. The van der Waals surface area contributed by atoms with Gasteiger partial charge in [-0.15, -0.1) is 0 Å². The minimum Gasteiger partial charge on any atom is -0.441 e. The topological polar surface area (TPSA) is 102 Å². The number of amides is 2. The molecular weight excluding hydrogens is 406 g/mol. The van der Waals surface area contributed by atoms with Crippen molar-refractivity contribution in [1.82, 2.24) is 20.1 Å². The van der Waals surface area contributed by atoms with Crippen molar-refractivity contribution in [2.75, 3.05) is 5.32 Å². The van der Waals surface area contributed by atoms with Crippen molar-refractivity contribution in [3.63, 3.8) is 0 Å². The Morgan fingerprint density at radius 1 is 1.06 bits per heavy atom. The molecule has 0 saturated heterocycles. The highest BCUT2D eigenvalue weighted by molar-refractivity contribution is 5.94. The van der Waals surface area contributed by atoms with Gasteiger partial charge in [0.2, 0.25) is 11.8 Å². The third kappa shape index (κ3) is 4.92. The number of nitrogens with zero attached hydrogens (tertiary/aromatic N) is 3. The molecule has 0 atom stereocenters. The normalized spacial score (nSPS) is 10.7. The molecule has 0 spiro atoms. The molecule has 0 aliphatic rings. The number of oxazole rings is 1. The maximum atomic E-state index is 12.6. The van der Waals surface area contributed by atoms with E-state index in [1.54, 1.807) is 30.1 Å². The van der Waals surface area contributed by atoms with E-state index < -0.39 is 0 Å². The van der Waals surface area contributed by atoms with Crippen LogP contribution in [0.2, 0.25) is 0 Å². The van der Waals surface area contributed by atoms with Gasteiger partial charge in [-0.2, -0.15) is 5.10 Å². The molecule has 2 N–H and O–H groups in total. The monoisotopic (exact) mass is 429 g/mol. The maximum Gasteiger partial charge on any atom is 0.254 e. The van der Waals surface area contributed by atoms with Gasteiger partial charge in [0.05, 0.1) is 36.1 Å². The summed E-state index contributed by atoms with van der Waals surface area (Å²) in [6.45, 7) is 4.03. The molecule has 0 bridgehead atoms. The fourth-order valence-corrected chi connectivity index (χ4v) is 3.28. The Labute approximate surface area is 185 Å². The molecule has 0 radical (unpaired) electrons. The van der Waals surface area contributed by atoms with E-state index in [1.165, 1.54) is 6.92 Å². The van der Waals surface area contributed by atoms with Crippen molar-refractivity contribution < 1.29 is 14.0 Å². The van der Waals surface area contributed by atoms with Crippen molar-refractivity contribution in [3.05, 3.63) is 89.6 Å². The number of para-hydroxylation sites is 1. The number of hydrogen-bond donors (Lipinski definition) is 2. The number of anilines is 1. The van der Waals surface area contributed by atoms with Crippen LogP contribution in [-0.4, -0.2) is 26.6 Å². The Bertz CT molecular complexity index is 1240. The second-order valence-corrected chi connectivity index (χ2v) is 7.34. The Balaban J connectivity index is 1.42. The van der Waals surface area contributed by atoms with Gasteiger partial charge in [0.15, 0.2) is 0 Å². The summed E-state index contributed by atoms with van der Waals surface area (Å²) in [5.74, 6) is 0.553. The van der Waals surface area contributed by atoms with E-state index in [1.807, 2.05) is 48.5 Å². The summed E-state index contributed by atoms with van der Waals surface area (Å²) >= 11 is 0. The first-order chi connectivity index (χ1) is 15.5. The molecule has 2 amide bonds. The maximum absolute atomic E-state index is 12.6. The Kier molecular flexibility index (Phi) is 6.12. The van der Waals surface area contributed by atoms with E-state index in [4.69, 9.17) is 4.42 Å². The minimum atomic E-state index is -0.244. The first kappa shape index (κ1) is 21.0. The second kappa shape index (κ2) is 9.30. The molecule has 0 aliphatic carbocycles. The van der Waals surface area contributed by atoms with Crippen LogP contribution in [0.5, 0.6) is 0 Å². The number of benzene rings is 2. The molecule has 0 aliphatic heterocycles. The zero-order chi connectivity index (χ0) is 22.5. The van der Waals surface area contributed by atoms with Gasteiger partial charge in [-0.1, -0.05) is 42.5 Å². The first-order valence-corrected chi connectivity index (χ1v) is 10.2. The largest absolute Gasteiger partial charge is 0.441 e. The van der Waals surface area contributed by atoms with Crippen LogP contribution in [-0.2, 0) is 17.9 Å². The molecule has 0 unspecified atom stereocenters. The van der Waals surface area contributed by atoms with E-state index in [-0.39, 0.29) is 18.4 Å². The number of nitrogens with one attached hydrogen (secondary N) is 2. The zero-order valence-corrected chi connectivity index (χ0v) is 17.8. The van der Waals surface area contributed by atoms with E-state index >= 15 is 0 Å². The highest BCUT2D eigenvalue weighted by atomic mass is 16.4. The molecule has 4 rings (SSSR count). The van der Waals surface area contributed by atoms with Crippen LogP contribution in [0, 0.1) is 6.92 Å². The van der Waals surface area contributed by atoms with Crippen LogP contribution in [0.3, 0.4) is 0 Å². The average Bonchev–Trinajstić information content (AvgIpc) is 3.39. The first-order valence-electron chi connectivity index (χ1n) is 10.2. The van der Waals surface area contributed by atoms with E-state index in [0.717, 1.165) is 5.56 Å². The third-order valence-electron chi connectivity index (χ3n) is 4.86. The quantitative estimate of drug-likeness (QED) is 0.465. The number of hydrogen-bond acceptors (Lipinski definition) is 5. The van der Waals surface area contributed by atoms with Gasteiger partial charge in [0.1, 0.15) is 11.5 Å². The number of carbonyl (C=O) groups is 2. The molecular formula is C24H23N5O3. The Hall–Kier alpha value is -4.20. The molecule has 0 fully saturated rings. The lowest BCUT2D eigenvalue weighted by molar-refractivity contribution is -0.114. The van der Waals surface area contributed by atoms with Crippen molar-refractivity contribution in [2.24, 2.45) is 0 Å². The predicted molar refractivity (Wildman–Crippen MR) is 120 cm³/mol. The predicted octanol–water partition coefficient (Wildman–Crippen LogP) is 3.78. The van der Waals surface area contributed by atoms with Crippen LogP contribution in [0.1, 0.15) is 34.3 Å². The van der Waals surface area contributed by atoms with Gasteiger partial charge in [-0.3, -0.25) is 14.3 Å². The third-order valence-corrected chi connectivity index (χ3v) is 4.86. The van der Waals surface area contributed by atoms with Crippen molar-refractivity contribution in [3.8, 4) is 11.5 Å². The lowest BCUT2D eigenvalue weighted by Crippen LogP contribution is -2.23. The second-order valence-electron chi connectivity index (χ2n) is 7.34. The van der Waals surface area contributed by atoms with Crippen LogP contribution in [0.25, 0.3) is 11.5 Å². The summed E-state index contributed by atoms with van der Waals surface area (Å²) < 4.78 is 7.53. The molecule has 0 saturated carbocycles. The zero-order valence-electron chi connectivity index (χ0n) is 17.8. The van der Waals surface area contributed by atoms with Crippen LogP contribution in [0.4, 0.5) is 5.69 Å². The highest BCUT2D eigenvalue weighted by Crippen LogP contribution is 2.28. The van der Waals surface area contributed by atoms with E-state index in [9.17, 15) is 9.59 Å². The van der Waals surface area contributed by atoms with Crippen LogP contribution >= 0.6 is 0 Å². The van der Waals surface area contributed by atoms with Crippen LogP contribution in [0.15, 0.2) is 71.4 Å². The number of aromatic nitrogens is 3. The molecule has 32 heavy (non-hydrogen) atoms. The smallest absolute Gasteiger partial charge is 0.254 e. The number of carbonyl (C=O) groups excluding carboxylic acids is 2. The van der Waals surface area contributed by atoms with Crippen LogP contribution < -0.4 is 10.6 Å². The molecule has 2 heterocycles. The summed E-state index contributed by atoms with van der Waals surface area (Å²) in [7, 11) is 0.